The van der Waals surface area contributed by atoms with Crippen molar-refractivity contribution in [1.82, 2.24) is 4.31 Å². The van der Waals surface area contributed by atoms with Gasteiger partial charge in [0.05, 0.1) is 26.4 Å². The molecule has 118 valence electrons. The number of benzene rings is 1. The van der Waals surface area contributed by atoms with E-state index in [4.69, 9.17) is 14.2 Å². The fourth-order valence-corrected chi connectivity index (χ4v) is 4.60. The van der Waals surface area contributed by atoms with Crippen molar-refractivity contribution >= 4 is 10.0 Å². The fraction of sp³-hybridized carbons (Fsp3) is 0.571. The maximum Gasteiger partial charge on any atom is 0.249 e. The molecule has 1 atom stereocenters. The van der Waals surface area contributed by atoms with E-state index in [0.717, 1.165) is 0 Å². The molecule has 1 aromatic rings. The number of hydrogen-bond acceptors (Lipinski definition) is 5. The van der Waals surface area contributed by atoms with Gasteiger partial charge >= 0.3 is 0 Å². The minimum absolute atomic E-state index is 0.0785. The summed E-state index contributed by atoms with van der Waals surface area (Å²) in [4.78, 5) is 0.0785. The van der Waals surface area contributed by atoms with Crippen molar-refractivity contribution in [2.45, 2.75) is 37.4 Å². The van der Waals surface area contributed by atoms with Crippen LogP contribution in [0.1, 0.15) is 20.8 Å². The molecule has 0 aromatic heterocycles. The third-order valence-corrected chi connectivity index (χ3v) is 5.70. The van der Waals surface area contributed by atoms with Crippen LogP contribution < -0.4 is 9.47 Å². The molecule has 1 aliphatic rings. The molecule has 7 heteroatoms. The summed E-state index contributed by atoms with van der Waals surface area (Å²) in [6.45, 7) is 5.74. The second kappa shape index (κ2) is 5.47. The van der Waals surface area contributed by atoms with Crippen LogP contribution in [0.2, 0.25) is 0 Å². The summed E-state index contributed by atoms with van der Waals surface area (Å²) in [6.07, 6.45) is -0.527. The van der Waals surface area contributed by atoms with Crippen molar-refractivity contribution < 1.29 is 22.6 Å². The normalized spacial score (nSPS) is 22.2. The maximum absolute atomic E-state index is 13.0. The average molecular weight is 315 g/mol. The Morgan fingerprint density at radius 1 is 1.29 bits per heavy atom. The van der Waals surface area contributed by atoms with Gasteiger partial charge in [0.1, 0.15) is 22.6 Å². The molecule has 0 spiro atoms. The van der Waals surface area contributed by atoms with Crippen molar-refractivity contribution in [3.63, 3.8) is 0 Å². The maximum atomic E-state index is 13.0. The van der Waals surface area contributed by atoms with Gasteiger partial charge in [-0.25, -0.2) is 8.42 Å². The van der Waals surface area contributed by atoms with Crippen LogP contribution in [0.4, 0.5) is 0 Å². The van der Waals surface area contributed by atoms with Crippen LogP contribution in [-0.2, 0) is 14.8 Å². The lowest BCUT2D eigenvalue weighted by atomic mass is 10.1. The van der Waals surface area contributed by atoms with E-state index in [9.17, 15) is 8.42 Å². The van der Waals surface area contributed by atoms with Crippen molar-refractivity contribution in [3.8, 4) is 11.5 Å². The number of sulfonamides is 1. The highest BCUT2D eigenvalue weighted by molar-refractivity contribution is 7.89. The molecular weight excluding hydrogens is 294 g/mol. The molecule has 21 heavy (non-hydrogen) atoms. The molecule has 1 unspecified atom stereocenters. The Bertz CT molecular complexity index is 626. The standard InChI is InChI=1S/C14H21NO5S/c1-10-15(14(2,3)9-20-10)21(16,17)13-8-11(18-4)6-7-12(13)19-5/h6-8,10H,9H2,1-5H3. The van der Waals surface area contributed by atoms with E-state index in [1.807, 2.05) is 13.8 Å². The van der Waals surface area contributed by atoms with E-state index in [1.54, 1.807) is 19.1 Å². The largest absolute Gasteiger partial charge is 0.497 e. The first-order valence-electron chi connectivity index (χ1n) is 6.62. The van der Waals surface area contributed by atoms with Gasteiger partial charge in [0.2, 0.25) is 10.0 Å². The Kier molecular flexibility index (Phi) is 4.19. The molecule has 0 aliphatic carbocycles. The second-order valence-corrected chi connectivity index (χ2v) is 7.32. The molecule has 0 radical (unpaired) electrons. The van der Waals surface area contributed by atoms with E-state index in [-0.39, 0.29) is 10.6 Å². The van der Waals surface area contributed by atoms with E-state index in [0.29, 0.717) is 12.4 Å². The fourth-order valence-electron chi connectivity index (χ4n) is 2.56. The Morgan fingerprint density at radius 3 is 2.43 bits per heavy atom. The highest BCUT2D eigenvalue weighted by atomic mass is 32.2. The minimum Gasteiger partial charge on any atom is -0.497 e. The predicted molar refractivity (Wildman–Crippen MR) is 78.1 cm³/mol. The van der Waals surface area contributed by atoms with Crippen LogP contribution in [0, 0.1) is 0 Å². The first-order chi connectivity index (χ1) is 9.74. The van der Waals surface area contributed by atoms with Crippen molar-refractivity contribution in [1.29, 1.82) is 0 Å². The zero-order chi connectivity index (χ0) is 15.8. The van der Waals surface area contributed by atoms with Gasteiger partial charge in [0.15, 0.2) is 0 Å². The van der Waals surface area contributed by atoms with Crippen LogP contribution in [0.15, 0.2) is 23.1 Å². The van der Waals surface area contributed by atoms with E-state index in [2.05, 4.69) is 0 Å². The van der Waals surface area contributed by atoms with Gasteiger partial charge in [-0.1, -0.05) is 0 Å². The van der Waals surface area contributed by atoms with Gasteiger partial charge in [-0.15, -0.1) is 0 Å². The summed E-state index contributed by atoms with van der Waals surface area (Å²) in [5.41, 5.74) is -0.619. The molecule has 1 heterocycles. The molecule has 1 saturated heterocycles. The summed E-state index contributed by atoms with van der Waals surface area (Å²) in [5.74, 6) is 0.741. The Balaban J connectivity index is 2.58. The molecule has 6 nitrogen and oxygen atoms in total. The molecular formula is C14H21NO5S. The smallest absolute Gasteiger partial charge is 0.249 e. The summed E-state index contributed by atoms with van der Waals surface area (Å²) in [6, 6.07) is 4.71. The van der Waals surface area contributed by atoms with Crippen molar-refractivity contribution in [3.05, 3.63) is 18.2 Å². The number of rotatable bonds is 4. The lowest BCUT2D eigenvalue weighted by Gasteiger charge is -2.31. The van der Waals surface area contributed by atoms with Crippen molar-refractivity contribution in [2.24, 2.45) is 0 Å². The van der Waals surface area contributed by atoms with Crippen LogP contribution >= 0.6 is 0 Å². The van der Waals surface area contributed by atoms with Crippen LogP contribution in [-0.4, -0.2) is 45.3 Å². The van der Waals surface area contributed by atoms with Crippen LogP contribution in [0.25, 0.3) is 0 Å². The zero-order valence-corrected chi connectivity index (χ0v) is 13.7. The first kappa shape index (κ1) is 16.1. The molecule has 1 aromatic carbocycles. The van der Waals surface area contributed by atoms with Crippen molar-refractivity contribution in [2.75, 3.05) is 20.8 Å². The van der Waals surface area contributed by atoms with E-state index < -0.39 is 21.8 Å². The second-order valence-electron chi connectivity index (χ2n) is 5.54. The number of ether oxygens (including phenoxy) is 3. The van der Waals surface area contributed by atoms with Gasteiger partial charge in [-0.2, -0.15) is 4.31 Å². The predicted octanol–water partition coefficient (Wildman–Crippen LogP) is 1.85. The number of nitrogens with zero attached hydrogens (tertiary/aromatic N) is 1. The summed E-state index contributed by atoms with van der Waals surface area (Å²) in [7, 11) is -0.837. The highest BCUT2D eigenvalue weighted by Crippen LogP contribution is 2.37. The Labute approximate surface area is 125 Å². The Hall–Kier alpha value is -1.31. The Morgan fingerprint density at radius 2 is 1.95 bits per heavy atom. The molecule has 1 aliphatic heterocycles. The monoisotopic (exact) mass is 315 g/mol. The van der Waals surface area contributed by atoms with Gasteiger partial charge in [0.25, 0.3) is 0 Å². The zero-order valence-electron chi connectivity index (χ0n) is 12.9. The van der Waals surface area contributed by atoms with Crippen LogP contribution in [0.5, 0.6) is 11.5 Å². The average Bonchev–Trinajstić information content (AvgIpc) is 2.72. The SMILES string of the molecule is COc1ccc(OC)c(S(=O)(=O)N2C(C)OCC2(C)C)c1. The van der Waals surface area contributed by atoms with E-state index in [1.165, 1.54) is 24.6 Å². The highest BCUT2D eigenvalue weighted by Gasteiger charge is 2.47. The third kappa shape index (κ3) is 2.73. The van der Waals surface area contributed by atoms with Crippen LogP contribution in [0.3, 0.4) is 0 Å². The quantitative estimate of drug-likeness (QED) is 0.848. The topological polar surface area (TPSA) is 65.1 Å². The van der Waals surface area contributed by atoms with Gasteiger partial charge in [0, 0.05) is 6.07 Å². The first-order valence-corrected chi connectivity index (χ1v) is 8.06. The van der Waals surface area contributed by atoms with Gasteiger partial charge in [-0.3, -0.25) is 0 Å². The lowest BCUT2D eigenvalue weighted by Crippen LogP contribution is -2.47. The van der Waals surface area contributed by atoms with E-state index >= 15 is 0 Å². The summed E-state index contributed by atoms with van der Waals surface area (Å²) >= 11 is 0. The number of methoxy groups -OCH3 is 2. The van der Waals surface area contributed by atoms with Gasteiger partial charge < -0.3 is 14.2 Å². The van der Waals surface area contributed by atoms with Gasteiger partial charge in [-0.05, 0) is 32.9 Å². The lowest BCUT2D eigenvalue weighted by molar-refractivity contribution is 0.0842. The molecule has 0 saturated carbocycles. The summed E-state index contributed by atoms with van der Waals surface area (Å²) < 4.78 is 43.2. The molecule has 2 rings (SSSR count). The summed E-state index contributed by atoms with van der Waals surface area (Å²) in [5, 5.41) is 0. The molecule has 0 bridgehead atoms. The molecule has 0 amide bonds. The molecule has 1 fully saturated rings. The molecule has 0 N–H and O–H groups in total. The minimum atomic E-state index is -3.77. The number of hydrogen-bond donors (Lipinski definition) is 0. The third-order valence-electron chi connectivity index (χ3n) is 3.51.